The molecule has 2 heterocycles. The lowest BCUT2D eigenvalue weighted by Crippen LogP contribution is -2.13. The van der Waals surface area contributed by atoms with Gasteiger partial charge in [-0.3, -0.25) is 4.72 Å². The summed E-state index contributed by atoms with van der Waals surface area (Å²) in [6.45, 7) is 1.54. The van der Waals surface area contributed by atoms with Gasteiger partial charge < -0.3 is 5.11 Å². The average Bonchev–Trinajstić information content (AvgIpc) is 2.76. The molecule has 0 spiro atoms. The summed E-state index contributed by atoms with van der Waals surface area (Å²) < 4.78 is 27.3. The normalized spacial score (nSPS) is 11.4. The van der Waals surface area contributed by atoms with Crippen molar-refractivity contribution in [2.24, 2.45) is 0 Å². The van der Waals surface area contributed by atoms with Gasteiger partial charge in [-0.2, -0.15) is 0 Å². The highest BCUT2D eigenvalue weighted by Gasteiger charge is 2.23. The number of hydrogen-bond donors (Lipinski definition) is 2. The Bertz CT molecular complexity index is 820. The van der Waals surface area contributed by atoms with E-state index in [4.69, 9.17) is 5.11 Å². The number of thiophene rings is 1. The highest BCUT2D eigenvalue weighted by Crippen LogP contribution is 2.29. The summed E-state index contributed by atoms with van der Waals surface area (Å²) in [6, 6.07) is 1.30. The van der Waals surface area contributed by atoms with E-state index >= 15 is 0 Å². The minimum Gasteiger partial charge on any atom is -0.477 e. The Balaban J connectivity index is 2.38. The number of carboxylic acids is 1. The van der Waals surface area contributed by atoms with Gasteiger partial charge >= 0.3 is 5.97 Å². The molecule has 2 rings (SSSR count). The predicted molar refractivity (Wildman–Crippen MR) is 84.3 cm³/mol. The summed E-state index contributed by atoms with van der Waals surface area (Å²) >= 11 is 6.88. The standard InChI is InChI=1S/C10H7Br2N3O4S2/c1-4-2-6(20-7(4)10(16)17)21(18,19)15-9-8(12)14-5(11)3-13-9/h2-3H,1H3,(H,13,15)(H,16,17). The zero-order valence-electron chi connectivity index (χ0n) is 10.3. The number of halogens is 2. The van der Waals surface area contributed by atoms with Crippen LogP contribution < -0.4 is 4.72 Å². The fourth-order valence-corrected chi connectivity index (χ4v) is 4.83. The van der Waals surface area contributed by atoms with Gasteiger partial charge in [-0.05, 0) is 50.4 Å². The van der Waals surface area contributed by atoms with E-state index in [0.717, 1.165) is 0 Å². The molecule has 0 radical (unpaired) electrons. The lowest BCUT2D eigenvalue weighted by atomic mass is 10.3. The first-order valence-electron chi connectivity index (χ1n) is 5.25. The quantitative estimate of drug-likeness (QED) is 0.731. The van der Waals surface area contributed by atoms with Crippen molar-refractivity contribution in [3.8, 4) is 0 Å². The number of sulfonamides is 1. The van der Waals surface area contributed by atoms with E-state index in [1.807, 2.05) is 0 Å². The predicted octanol–water partition coefficient (Wildman–Crippen LogP) is 2.87. The van der Waals surface area contributed by atoms with Gasteiger partial charge in [0.15, 0.2) is 10.4 Å². The van der Waals surface area contributed by atoms with Crippen molar-refractivity contribution < 1.29 is 18.3 Å². The molecule has 0 aliphatic heterocycles. The third kappa shape index (κ3) is 3.59. The van der Waals surface area contributed by atoms with Crippen molar-refractivity contribution >= 4 is 65.0 Å². The lowest BCUT2D eigenvalue weighted by Gasteiger charge is -2.06. The Hall–Kier alpha value is -1.04. The molecule has 21 heavy (non-hydrogen) atoms. The van der Waals surface area contributed by atoms with Gasteiger partial charge in [0.2, 0.25) is 0 Å². The number of anilines is 1. The molecule has 0 fully saturated rings. The van der Waals surface area contributed by atoms with Crippen LogP contribution in [0.25, 0.3) is 0 Å². The van der Waals surface area contributed by atoms with Crippen LogP contribution in [0.4, 0.5) is 5.82 Å². The number of carbonyl (C=O) groups is 1. The van der Waals surface area contributed by atoms with Crippen molar-refractivity contribution in [3.05, 3.63) is 31.9 Å². The van der Waals surface area contributed by atoms with Crippen LogP contribution in [-0.2, 0) is 10.0 Å². The van der Waals surface area contributed by atoms with Gasteiger partial charge in [-0.25, -0.2) is 23.2 Å². The number of rotatable bonds is 4. The Labute approximate surface area is 140 Å². The van der Waals surface area contributed by atoms with Crippen molar-refractivity contribution in [1.29, 1.82) is 0 Å². The number of aryl methyl sites for hydroxylation is 1. The zero-order chi connectivity index (χ0) is 15.8. The third-order valence-corrected chi connectivity index (χ3v) is 6.26. The molecule has 0 atom stereocenters. The van der Waals surface area contributed by atoms with Gasteiger partial charge in [0.1, 0.15) is 13.7 Å². The minimum absolute atomic E-state index is 0.0149. The summed E-state index contributed by atoms with van der Waals surface area (Å²) in [7, 11) is -3.93. The Morgan fingerprint density at radius 1 is 1.43 bits per heavy atom. The number of nitrogens with one attached hydrogen (secondary N) is 1. The summed E-state index contributed by atoms with van der Waals surface area (Å²) in [4.78, 5) is 18.8. The van der Waals surface area contributed by atoms with Gasteiger partial charge in [0.05, 0.1) is 6.20 Å². The largest absolute Gasteiger partial charge is 0.477 e. The van der Waals surface area contributed by atoms with Crippen LogP contribution >= 0.6 is 43.2 Å². The van der Waals surface area contributed by atoms with Crippen molar-refractivity contribution in [1.82, 2.24) is 9.97 Å². The molecule has 2 aromatic rings. The highest BCUT2D eigenvalue weighted by atomic mass is 79.9. The first-order valence-corrected chi connectivity index (χ1v) is 9.14. The van der Waals surface area contributed by atoms with E-state index in [0.29, 0.717) is 21.5 Å². The first-order chi connectivity index (χ1) is 9.70. The van der Waals surface area contributed by atoms with Gasteiger partial charge in [0.25, 0.3) is 10.0 Å². The smallest absolute Gasteiger partial charge is 0.346 e. The Kier molecular flexibility index (Phi) is 4.66. The second-order valence-corrected chi connectivity index (χ2v) is 8.35. The van der Waals surface area contributed by atoms with E-state index in [-0.39, 0.29) is 19.5 Å². The van der Waals surface area contributed by atoms with Crippen molar-refractivity contribution in [2.75, 3.05) is 4.72 Å². The molecular formula is C10H7Br2N3O4S2. The molecule has 0 aromatic carbocycles. The van der Waals surface area contributed by atoms with E-state index in [9.17, 15) is 13.2 Å². The van der Waals surface area contributed by atoms with E-state index in [1.54, 1.807) is 0 Å². The molecule has 2 aromatic heterocycles. The summed E-state index contributed by atoms with van der Waals surface area (Å²) in [5, 5.41) is 8.97. The Morgan fingerprint density at radius 3 is 2.62 bits per heavy atom. The summed E-state index contributed by atoms with van der Waals surface area (Å²) in [6.07, 6.45) is 1.34. The lowest BCUT2D eigenvalue weighted by molar-refractivity contribution is 0.0701. The SMILES string of the molecule is Cc1cc(S(=O)(=O)Nc2ncc(Br)nc2Br)sc1C(=O)O. The fourth-order valence-electron chi connectivity index (χ4n) is 1.39. The molecule has 2 N–H and O–H groups in total. The van der Waals surface area contributed by atoms with Crippen LogP contribution in [0, 0.1) is 6.92 Å². The minimum atomic E-state index is -3.93. The van der Waals surface area contributed by atoms with Gasteiger partial charge in [-0.15, -0.1) is 11.3 Å². The molecular weight excluding hydrogens is 450 g/mol. The summed E-state index contributed by atoms with van der Waals surface area (Å²) in [5.74, 6) is -1.15. The van der Waals surface area contributed by atoms with E-state index in [2.05, 4.69) is 46.5 Å². The molecule has 11 heteroatoms. The molecule has 0 aliphatic rings. The molecule has 7 nitrogen and oxygen atoms in total. The van der Waals surface area contributed by atoms with Gasteiger partial charge in [0, 0.05) is 0 Å². The third-order valence-electron chi connectivity index (χ3n) is 2.29. The number of aromatic nitrogens is 2. The topological polar surface area (TPSA) is 109 Å². The Morgan fingerprint density at radius 2 is 2.10 bits per heavy atom. The van der Waals surface area contributed by atoms with E-state index in [1.165, 1.54) is 19.2 Å². The summed E-state index contributed by atoms with van der Waals surface area (Å²) in [5.41, 5.74) is 0.383. The van der Waals surface area contributed by atoms with E-state index < -0.39 is 16.0 Å². The highest BCUT2D eigenvalue weighted by molar-refractivity contribution is 9.11. The van der Waals surface area contributed by atoms with Crippen LogP contribution in [0.15, 0.2) is 25.7 Å². The second kappa shape index (κ2) is 5.99. The molecule has 0 amide bonds. The van der Waals surface area contributed by atoms with Gasteiger partial charge in [-0.1, -0.05) is 0 Å². The zero-order valence-corrected chi connectivity index (χ0v) is 15.1. The molecule has 0 bridgehead atoms. The molecule has 0 saturated heterocycles. The van der Waals surface area contributed by atoms with Crippen LogP contribution in [0.2, 0.25) is 0 Å². The van der Waals surface area contributed by atoms with Crippen LogP contribution in [0.1, 0.15) is 15.2 Å². The maximum absolute atomic E-state index is 12.2. The number of aromatic carboxylic acids is 1. The fraction of sp³-hybridized carbons (Fsp3) is 0.100. The van der Waals surface area contributed by atoms with Crippen LogP contribution in [0.5, 0.6) is 0 Å². The molecule has 0 aliphatic carbocycles. The van der Waals surface area contributed by atoms with Crippen LogP contribution in [-0.4, -0.2) is 29.5 Å². The molecule has 0 saturated carbocycles. The maximum atomic E-state index is 12.2. The first kappa shape index (κ1) is 16.3. The van der Waals surface area contributed by atoms with Crippen molar-refractivity contribution in [2.45, 2.75) is 11.1 Å². The number of carboxylic acid groups (broad SMARTS) is 1. The number of hydrogen-bond acceptors (Lipinski definition) is 6. The van der Waals surface area contributed by atoms with Crippen molar-refractivity contribution in [3.63, 3.8) is 0 Å². The number of nitrogens with zero attached hydrogens (tertiary/aromatic N) is 2. The molecule has 112 valence electrons. The molecule has 0 unspecified atom stereocenters. The van der Waals surface area contributed by atoms with Crippen LogP contribution in [0.3, 0.4) is 0 Å². The average molecular weight is 457 g/mol. The maximum Gasteiger partial charge on any atom is 0.346 e. The monoisotopic (exact) mass is 455 g/mol. The second-order valence-electron chi connectivity index (χ2n) is 3.82.